The zero-order chi connectivity index (χ0) is 19.3. The summed E-state index contributed by atoms with van der Waals surface area (Å²) in [5.74, 6) is -1.48. The van der Waals surface area contributed by atoms with Gasteiger partial charge in [-0.2, -0.15) is 0 Å². The van der Waals surface area contributed by atoms with Gasteiger partial charge in [-0.1, -0.05) is 12.2 Å². The predicted octanol–water partition coefficient (Wildman–Crippen LogP) is 4.17. The lowest BCUT2D eigenvalue weighted by Crippen LogP contribution is -2.30. The average Bonchev–Trinajstić information content (AvgIpc) is 3.11. The molecular formula is C18H14FN3O5. The Kier molecular flexibility index (Phi) is 3.79. The summed E-state index contributed by atoms with van der Waals surface area (Å²) in [6.07, 6.45) is 4.18. The van der Waals surface area contributed by atoms with E-state index in [1.807, 2.05) is 6.08 Å². The molecule has 138 valence electrons. The molecule has 2 N–H and O–H groups in total. The zero-order valence-electron chi connectivity index (χ0n) is 13.8. The summed E-state index contributed by atoms with van der Waals surface area (Å²) in [5.41, 5.74) is 0.145. The van der Waals surface area contributed by atoms with Crippen LogP contribution in [0.4, 0.5) is 21.5 Å². The molecule has 0 fully saturated rings. The second-order valence-corrected chi connectivity index (χ2v) is 6.59. The number of nitro benzene ring substituents is 2. The van der Waals surface area contributed by atoms with Gasteiger partial charge in [-0.05, 0) is 24.5 Å². The van der Waals surface area contributed by atoms with Crippen molar-refractivity contribution < 1.29 is 19.3 Å². The molecule has 8 nitrogen and oxygen atoms in total. The number of phenolic OH excluding ortho intramolecular Hbond substituents is 1. The van der Waals surface area contributed by atoms with Crippen LogP contribution in [0.15, 0.2) is 42.5 Å². The maximum Gasteiger partial charge on any atom is 0.275 e. The number of benzene rings is 2. The van der Waals surface area contributed by atoms with Crippen molar-refractivity contribution in [2.45, 2.75) is 18.4 Å². The van der Waals surface area contributed by atoms with Crippen LogP contribution >= 0.6 is 0 Å². The van der Waals surface area contributed by atoms with Gasteiger partial charge in [-0.3, -0.25) is 20.2 Å². The van der Waals surface area contributed by atoms with Crippen molar-refractivity contribution in [1.29, 1.82) is 0 Å². The van der Waals surface area contributed by atoms with Gasteiger partial charge in [0.1, 0.15) is 11.6 Å². The highest BCUT2D eigenvalue weighted by molar-refractivity contribution is 5.68. The molecule has 0 radical (unpaired) electrons. The second-order valence-electron chi connectivity index (χ2n) is 6.59. The van der Waals surface area contributed by atoms with Crippen LogP contribution in [0.1, 0.15) is 29.5 Å². The number of nitrogens with one attached hydrogen (secondary N) is 1. The number of aromatic hydroxyl groups is 1. The molecule has 0 bridgehead atoms. The Bertz CT molecular complexity index is 1010. The van der Waals surface area contributed by atoms with E-state index in [1.54, 1.807) is 6.08 Å². The Labute approximate surface area is 152 Å². The van der Waals surface area contributed by atoms with Crippen LogP contribution in [0, 0.1) is 32.0 Å². The monoisotopic (exact) mass is 371 g/mol. The summed E-state index contributed by atoms with van der Waals surface area (Å²) in [6, 6.07) is 5.20. The summed E-state index contributed by atoms with van der Waals surface area (Å²) in [4.78, 5) is 21.4. The summed E-state index contributed by atoms with van der Waals surface area (Å²) < 4.78 is 14.5. The number of allylic oxidation sites excluding steroid dienone is 2. The maximum atomic E-state index is 14.5. The van der Waals surface area contributed by atoms with Crippen molar-refractivity contribution in [2.24, 2.45) is 5.92 Å². The predicted molar refractivity (Wildman–Crippen MR) is 94.2 cm³/mol. The molecule has 2 aliphatic rings. The summed E-state index contributed by atoms with van der Waals surface area (Å²) in [6.45, 7) is 0. The summed E-state index contributed by atoms with van der Waals surface area (Å²) in [7, 11) is 0. The third kappa shape index (κ3) is 2.59. The fraction of sp³-hybridized carbons (Fsp3) is 0.222. The first-order chi connectivity index (χ1) is 12.9. The van der Waals surface area contributed by atoms with Crippen LogP contribution in [-0.4, -0.2) is 15.0 Å². The molecule has 3 unspecified atom stereocenters. The van der Waals surface area contributed by atoms with Crippen molar-refractivity contribution in [3.05, 3.63) is 79.7 Å². The Hall–Kier alpha value is -3.49. The topological polar surface area (TPSA) is 119 Å². The number of hydrogen-bond donors (Lipinski definition) is 2. The third-order valence-corrected chi connectivity index (χ3v) is 5.20. The Morgan fingerprint density at radius 2 is 1.93 bits per heavy atom. The smallest absolute Gasteiger partial charge is 0.275 e. The number of anilines is 1. The molecular weight excluding hydrogens is 357 g/mol. The minimum atomic E-state index is -0.649. The van der Waals surface area contributed by atoms with Crippen molar-refractivity contribution in [2.75, 3.05) is 5.32 Å². The first-order valence-corrected chi connectivity index (χ1v) is 8.25. The molecule has 0 aromatic heterocycles. The van der Waals surface area contributed by atoms with Crippen LogP contribution in [-0.2, 0) is 0 Å². The van der Waals surface area contributed by atoms with E-state index in [2.05, 4.69) is 5.32 Å². The molecule has 27 heavy (non-hydrogen) atoms. The minimum absolute atomic E-state index is 0.00657. The summed E-state index contributed by atoms with van der Waals surface area (Å²) in [5, 5.41) is 35.7. The van der Waals surface area contributed by atoms with Gasteiger partial charge in [0.25, 0.3) is 11.4 Å². The van der Waals surface area contributed by atoms with E-state index >= 15 is 0 Å². The van der Waals surface area contributed by atoms with Crippen molar-refractivity contribution in [3.63, 3.8) is 0 Å². The number of phenols is 1. The van der Waals surface area contributed by atoms with E-state index in [9.17, 15) is 29.7 Å². The van der Waals surface area contributed by atoms with E-state index < -0.39 is 27.6 Å². The number of hydrogen-bond acceptors (Lipinski definition) is 6. The maximum absolute atomic E-state index is 14.5. The number of nitrogens with zero attached hydrogens (tertiary/aromatic N) is 2. The Balaban J connectivity index is 1.89. The van der Waals surface area contributed by atoms with E-state index in [4.69, 9.17) is 0 Å². The van der Waals surface area contributed by atoms with E-state index in [0.29, 0.717) is 6.42 Å². The number of non-ortho nitro benzene ring substituents is 1. The highest BCUT2D eigenvalue weighted by Gasteiger charge is 2.43. The molecule has 9 heteroatoms. The molecule has 0 saturated heterocycles. The number of rotatable bonds is 3. The van der Waals surface area contributed by atoms with Crippen LogP contribution in [0.3, 0.4) is 0 Å². The highest BCUT2D eigenvalue weighted by atomic mass is 19.1. The van der Waals surface area contributed by atoms with Crippen molar-refractivity contribution >= 4 is 17.1 Å². The lowest BCUT2D eigenvalue weighted by atomic mass is 9.76. The fourth-order valence-electron chi connectivity index (χ4n) is 4.03. The highest BCUT2D eigenvalue weighted by Crippen LogP contribution is 2.54. The Morgan fingerprint density at radius 3 is 2.63 bits per heavy atom. The standard InChI is InChI=1S/C18H14FN3O5/c19-13-5-6-14(22(26)27)16-10-2-1-3-11(10)17(20-18(13)16)12-8-9(21(24)25)4-7-15(12)23/h1-2,4-8,10-11,17,20,23H,3H2. The van der Waals surface area contributed by atoms with Gasteiger partial charge in [0.15, 0.2) is 0 Å². The normalized spacial score (nSPS) is 22.6. The largest absolute Gasteiger partial charge is 0.508 e. The molecule has 0 amide bonds. The molecule has 0 spiro atoms. The molecule has 1 aliphatic heterocycles. The van der Waals surface area contributed by atoms with Crippen LogP contribution in [0.2, 0.25) is 0 Å². The van der Waals surface area contributed by atoms with Crippen molar-refractivity contribution in [1.82, 2.24) is 0 Å². The minimum Gasteiger partial charge on any atom is -0.508 e. The molecule has 2 aromatic carbocycles. The van der Waals surface area contributed by atoms with Gasteiger partial charge in [-0.15, -0.1) is 0 Å². The molecule has 2 aromatic rings. The van der Waals surface area contributed by atoms with E-state index in [0.717, 1.165) is 12.1 Å². The number of fused-ring (bicyclic) bond motifs is 3. The molecule has 1 heterocycles. The zero-order valence-corrected chi connectivity index (χ0v) is 13.8. The SMILES string of the molecule is O=[N+]([O-])c1ccc(O)c(C2Nc3c(F)ccc([N+](=O)[O-])c3C3C=CCC32)c1. The van der Waals surface area contributed by atoms with E-state index in [-0.39, 0.29) is 39.9 Å². The summed E-state index contributed by atoms with van der Waals surface area (Å²) >= 11 is 0. The third-order valence-electron chi connectivity index (χ3n) is 5.20. The first kappa shape index (κ1) is 17.0. The Morgan fingerprint density at radius 1 is 1.15 bits per heavy atom. The molecule has 1 aliphatic carbocycles. The lowest BCUT2D eigenvalue weighted by molar-refractivity contribution is -0.385. The molecule has 0 saturated carbocycles. The first-order valence-electron chi connectivity index (χ1n) is 8.25. The quantitative estimate of drug-likeness (QED) is 0.475. The molecule has 3 atom stereocenters. The van der Waals surface area contributed by atoms with Gasteiger partial charge in [0, 0.05) is 29.7 Å². The second kappa shape index (κ2) is 6.04. The van der Waals surface area contributed by atoms with Gasteiger partial charge >= 0.3 is 0 Å². The lowest BCUT2D eigenvalue weighted by Gasteiger charge is -2.37. The van der Waals surface area contributed by atoms with Crippen LogP contribution < -0.4 is 5.32 Å². The molecule has 4 rings (SSSR count). The average molecular weight is 371 g/mol. The van der Waals surface area contributed by atoms with Gasteiger partial charge in [0.05, 0.1) is 27.1 Å². The van der Waals surface area contributed by atoms with Crippen LogP contribution in [0.25, 0.3) is 0 Å². The number of nitro groups is 2. The van der Waals surface area contributed by atoms with Gasteiger partial charge in [0.2, 0.25) is 0 Å². The van der Waals surface area contributed by atoms with Gasteiger partial charge in [-0.25, -0.2) is 4.39 Å². The fourth-order valence-corrected chi connectivity index (χ4v) is 4.03. The van der Waals surface area contributed by atoms with Crippen molar-refractivity contribution in [3.8, 4) is 5.75 Å². The van der Waals surface area contributed by atoms with Gasteiger partial charge < -0.3 is 10.4 Å². The van der Waals surface area contributed by atoms with E-state index in [1.165, 1.54) is 18.2 Å². The number of halogens is 1. The van der Waals surface area contributed by atoms with Crippen LogP contribution in [0.5, 0.6) is 5.75 Å².